The molecule has 0 saturated heterocycles. The Labute approximate surface area is 154 Å². The molecule has 3 amide bonds. The minimum absolute atomic E-state index is 0.0968. The summed E-state index contributed by atoms with van der Waals surface area (Å²) in [5.41, 5.74) is 0.655. The molecule has 2 aliphatic heterocycles. The third-order valence-electron chi connectivity index (χ3n) is 4.04. The molecule has 2 aliphatic rings. The minimum Gasteiger partial charge on any atom is -0.493 e. The van der Waals surface area contributed by atoms with Crippen LogP contribution in [0.15, 0.2) is 28.2 Å². The van der Waals surface area contributed by atoms with E-state index in [4.69, 9.17) is 9.47 Å². The van der Waals surface area contributed by atoms with Gasteiger partial charge in [0.25, 0.3) is 0 Å². The van der Waals surface area contributed by atoms with E-state index in [-0.39, 0.29) is 24.0 Å². The third kappa shape index (κ3) is 3.16. The second-order valence-corrected chi connectivity index (χ2v) is 5.66. The Balaban J connectivity index is 1.94. The molecule has 10 heteroatoms. The van der Waals surface area contributed by atoms with Gasteiger partial charge in [0.15, 0.2) is 18.1 Å². The summed E-state index contributed by atoms with van der Waals surface area (Å²) >= 11 is 0. The maximum Gasteiger partial charge on any atom is 0.446 e. The molecule has 10 nitrogen and oxygen atoms in total. The quantitative estimate of drug-likeness (QED) is 0.534. The maximum atomic E-state index is 12.3. The van der Waals surface area contributed by atoms with Gasteiger partial charge < -0.3 is 14.2 Å². The molecule has 0 N–H and O–H groups in total. The van der Waals surface area contributed by atoms with Gasteiger partial charge in [-0.2, -0.15) is 14.5 Å². The number of hydrogen-bond donors (Lipinski definition) is 0. The Morgan fingerprint density at radius 1 is 1.19 bits per heavy atom. The fourth-order valence-electron chi connectivity index (χ4n) is 2.52. The molecular formula is C17H17N4O6+. The number of urea groups is 1. The lowest BCUT2D eigenvalue weighted by molar-refractivity contribution is -0.401. The summed E-state index contributed by atoms with van der Waals surface area (Å²) < 4.78 is 16.4. The van der Waals surface area contributed by atoms with E-state index in [1.54, 1.807) is 18.2 Å². The van der Waals surface area contributed by atoms with Crippen LogP contribution in [0.2, 0.25) is 0 Å². The molecule has 0 radical (unpaired) electrons. The molecule has 140 valence electrons. The Bertz CT molecular complexity index is 947. The molecule has 2 heterocycles. The number of esters is 1. The largest absolute Gasteiger partial charge is 0.493 e. The first kappa shape index (κ1) is 18.2. The van der Waals surface area contributed by atoms with Crippen molar-refractivity contribution < 1.29 is 33.2 Å². The first-order valence-electron chi connectivity index (χ1n) is 7.85. The van der Waals surface area contributed by atoms with Crippen molar-refractivity contribution in [3.63, 3.8) is 0 Å². The number of amidine groups is 2. The van der Waals surface area contributed by atoms with Crippen molar-refractivity contribution in [2.24, 2.45) is 9.98 Å². The summed E-state index contributed by atoms with van der Waals surface area (Å²) in [6, 6.07) is 4.38. The summed E-state index contributed by atoms with van der Waals surface area (Å²) in [6.07, 6.45) is 0. The molecule has 0 aromatic heterocycles. The standard InChI is InChI=1S/C17H17N4O6/c1-20-15-13(16(23)21(2)17(20)24)18-14(19-15)9-5-6-10(11(7-9)25-3)27-8-12(22)26-4/h5-7H,8H2,1-4H3/q+1. The highest BCUT2D eigenvalue weighted by molar-refractivity contribution is 6.70. The molecule has 1 aromatic carbocycles. The topological polar surface area (TPSA) is 110 Å². The molecule has 1 aromatic rings. The molecule has 0 bridgehead atoms. The highest BCUT2D eigenvalue weighted by atomic mass is 16.6. The average molecular weight is 373 g/mol. The second-order valence-electron chi connectivity index (χ2n) is 5.66. The van der Waals surface area contributed by atoms with Crippen LogP contribution in [-0.4, -0.2) is 79.7 Å². The highest BCUT2D eigenvalue weighted by Crippen LogP contribution is 2.29. The predicted molar refractivity (Wildman–Crippen MR) is 93.8 cm³/mol. The van der Waals surface area contributed by atoms with Gasteiger partial charge in [0, 0.05) is 5.56 Å². The number of imide groups is 1. The number of methoxy groups -OCH3 is 2. The Morgan fingerprint density at radius 2 is 1.93 bits per heavy atom. The van der Waals surface area contributed by atoms with Crippen molar-refractivity contribution in [3.8, 4) is 11.5 Å². The first-order valence-corrected chi connectivity index (χ1v) is 7.85. The van der Waals surface area contributed by atoms with E-state index in [0.717, 1.165) is 4.90 Å². The number of nitrogens with zero attached hydrogens (tertiary/aromatic N) is 4. The molecule has 0 aliphatic carbocycles. The number of benzene rings is 1. The minimum atomic E-state index is -0.525. The van der Waals surface area contributed by atoms with Gasteiger partial charge in [0.1, 0.15) is 0 Å². The summed E-state index contributed by atoms with van der Waals surface area (Å²) in [5.74, 6) is 0.114. The summed E-state index contributed by atoms with van der Waals surface area (Å²) in [5, 5.41) is 0. The van der Waals surface area contributed by atoms with Crippen molar-refractivity contribution in [2.75, 3.05) is 34.9 Å². The first-order chi connectivity index (χ1) is 12.9. The van der Waals surface area contributed by atoms with E-state index >= 15 is 0 Å². The number of ether oxygens (including phenoxy) is 3. The van der Waals surface area contributed by atoms with E-state index in [2.05, 4.69) is 14.7 Å². The van der Waals surface area contributed by atoms with Gasteiger partial charge in [-0.25, -0.2) is 14.4 Å². The molecule has 0 spiro atoms. The third-order valence-corrected chi connectivity index (χ3v) is 4.04. The van der Waals surface area contributed by atoms with Crippen LogP contribution in [0.5, 0.6) is 11.5 Å². The molecule has 27 heavy (non-hydrogen) atoms. The van der Waals surface area contributed by atoms with Crippen LogP contribution in [0.1, 0.15) is 5.56 Å². The van der Waals surface area contributed by atoms with Gasteiger partial charge in [-0.15, -0.1) is 0 Å². The summed E-state index contributed by atoms with van der Waals surface area (Å²) in [6.45, 7) is -0.263. The molecule has 0 fully saturated rings. The van der Waals surface area contributed by atoms with Gasteiger partial charge in [0.05, 0.1) is 28.3 Å². The monoisotopic (exact) mass is 373 g/mol. The van der Waals surface area contributed by atoms with Crippen LogP contribution in [0.3, 0.4) is 0 Å². The van der Waals surface area contributed by atoms with Crippen molar-refractivity contribution >= 4 is 35.3 Å². The number of hydrogen-bond acceptors (Lipinski definition) is 8. The van der Waals surface area contributed by atoms with Crippen molar-refractivity contribution in [1.82, 2.24) is 4.90 Å². The zero-order chi connectivity index (χ0) is 19.7. The lowest BCUT2D eigenvalue weighted by atomic mass is 10.2. The zero-order valence-electron chi connectivity index (χ0n) is 15.2. The number of fused-ring (bicyclic) bond motifs is 1. The van der Waals surface area contributed by atoms with Crippen LogP contribution in [0, 0.1) is 0 Å². The number of amides is 3. The predicted octanol–water partition coefficient (Wildman–Crippen LogP) is 0.0810. The van der Waals surface area contributed by atoms with E-state index in [1.807, 2.05) is 0 Å². The van der Waals surface area contributed by atoms with E-state index in [1.165, 1.54) is 32.9 Å². The number of carbonyl (C=O) groups is 3. The van der Waals surface area contributed by atoms with Gasteiger partial charge in [-0.05, 0) is 18.2 Å². The van der Waals surface area contributed by atoms with Gasteiger partial charge >= 0.3 is 23.7 Å². The maximum absolute atomic E-state index is 12.3. The van der Waals surface area contributed by atoms with Crippen LogP contribution < -0.4 is 9.47 Å². The summed E-state index contributed by atoms with van der Waals surface area (Å²) in [7, 11) is 5.62. The lowest BCUT2D eigenvalue weighted by Gasteiger charge is -2.15. The van der Waals surface area contributed by atoms with Crippen LogP contribution in [-0.2, 0) is 14.3 Å². The smallest absolute Gasteiger partial charge is 0.446 e. The van der Waals surface area contributed by atoms with E-state index < -0.39 is 17.9 Å². The second kappa shape index (κ2) is 6.98. The van der Waals surface area contributed by atoms with E-state index in [0.29, 0.717) is 17.1 Å². The van der Waals surface area contributed by atoms with Gasteiger partial charge in [-0.3, -0.25) is 0 Å². The summed E-state index contributed by atoms with van der Waals surface area (Å²) in [4.78, 5) is 45.1. The Kier molecular flexibility index (Phi) is 4.72. The molecular weight excluding hydrogens is 356 g/mol. The molecule has 3 rings (SSSR count). The fourth-order valence-corrected chi connectivity index (χ4v) is 2.52. The number of aliphatic imine (C=N–C) groups is 2. The van der Waals surface area contributed by atoms with Crippen LogP contribution in [0.4, 0.5) is 4.79 Å². The van der Waals surface area contributed by atoms with Crippen LogP contribution >= 0.6 is 0 Å². The van der Waals surface area contributed by atoms with Crippen molar-refractivity contribution in [2.45, 2.75) is 0 Å². The SMILES string of the molecule is COC(=O)COc1ccc(C2=NC3=[N+](C)C(=O)N(C)C(=O)C3=N2)cc1OC. The zero-order valence-corrected chi connectivity index (χ0v) is 15.2. The van der Waals surface area contributed by atoms with Gasteiger partial charge in [-0.1, -0.05) is 4.99 Å². The number of carbonyl (C=O) groups excluding carboxylic acids is 3. The van der Waals surface area contributed by atoms with Crippen molar-refractivity contribution in [3.05, 3.63) is 23.8 Å². The van der Waals surface area contributed by atoms with E-state index in [9.17, 15) is 14.4 Å². The Morgan fingerprint density at radius 3 is 2.59 bits per heavy atom. The normalized spacial score (nSPS) is 16.1. The lowest BCUT2D eigenvalue weighted by Crippen LogP contribution is -2.51. The number of rotatable bonds is 5. The molecule has 0 unspecified atom stereocenters. The highest BCUT2D eigenvalue weighted by Gasteiger charge is 2.44. The fraction of sp³-hybridized carbons (Fsp3) is 0.294. The van der Waals surface area contributed by atoms with Crippen molar-refractivity contribution in [1.29, 1.82) is 0 Å². The Hall–Kier alpha value is -3.56. The molecule has 0 saturated carbocycles. The van der Waals surface area contributed by atoms with Gasteiger partial charge in [0.2, 0.25) is 11.5 Å². The average Bonchev–Trinajstić information content (AvgIpc) is 3.14. The molecule has 0 atom stereocenters. The van der Waals surface area contributed by atoms with Crippen LogP contribution in [0.25, 0.3) is 0 Å².